The lowest BCUT2D eigenvalue weighted by atomic mass is 9.63. The molecule has 0 spiro atoms. The molecule has 0 radical (unpaired) electrons. The lowest BCUT2D eigenvalue weighted by molar-refractivity contribution is -0.284. The highest BCUT2D eigenvalue weighted by Crippen LogP contribution is 2.49. The van der Waals surface area contributed by atoms with Gasteiger partial charge in [-0.15, -0.1) is 0 Å². The zero-order valence-corrected chi connectivity index (χ0v) is 16.0. The van der Waals surface area contributed by atoms with Crippen LogP contribution in [0.4, 0.5) is 0 Å². The van der Waals surface area contributed by atoms with Crippen LogP contribution in [0.1, 0.15) is 24.3 Å². The number of carbonyl (C=O) groups excluding carboxylic acids is 1. The van der Waals surface area contributed by atoms with E-state index in [4.69, 9.17) is 14.3 Å². The molecule has 2 saturated heterocycles. The maximum Gasteiger partial charge on any atom is 0.257 e. The van der Waals surface area contributed by atoms with Crippen LogP contribution in [0.15, 0.2) is 60.7 Å². The third-order valence-corrected chi connectivity index (χ3v) is 5.79. The average Bonchev–Trinajstić information content (AvgIpc) is 3.20. The lowest BCUT2D eigenvalue weighted by Crippen LogP contribution is -2.76. The predicted molar refractivity (Wildman–Crippen MR) is 102 cm³/mol. The van der Waals surface area contributed by atoms with E-state index in [1.165, 1.54) is 12.2 Å². The van der Waals surface area contributed by atoms with Crippen LogP contribution in [0.2, 0.25) is 0 Å². The summed E-state index contributed by atoms with van der Waals surface area (Å²) < 4.78 is 12.0. The first-order chi connectivity index (χ1) is 13.6. The molecule has 1 unspecified atom stereocenters. The first-order valence-electron chi connectivity index (χ1n) is 9.49. The number of hydrogen-bond donors (Lipinski definition) is 1. The molecule has 1 N–H and O–H groups in total. The minimum absolute atomic E-state index is 0.231. The Balaban J connectivity index is 1.62. The fraction of sp³-hybridized carbons (Fsp3) is 0.409. The van der Waals surface area contributed by atoms with Gasteiger partial charge in [0.1, 0.15) is 17.6 Å². The van der Waals surface area contributed by atoms with Gasteiger partial charge in [0.05, 0.1) is 19.8 Å². The Labute approximate surface area is 164 Å². The molecule has 28 heavy (non-hydrogen) atoms. The number of carbonyl (C=O) groups is 1. The van der Waals surface area contributed by atoms with E-state index < -0.39 is 30.0 Å². The molecule has 5 atom stereocenters. The number of aliphatic hydroxyl groups excluding tert-OH is 1. The van der Waals surface area contributed by atoms with Crippen LogP contribution in [0.25, 0.3) is 0 Å². The van der Waals surface area contributed by atoms with Crippen molar-refractivity contribution in [3.8, 4) is 0 Å². The van der Waals surface area contributed by atoms with Gasteiger partial charge in [0, 0.05) is 5.56 Å². The largest absolute Gasteiger partial charge is 0.392 e. The molecule has 0 aliphatic carbocycles. The van der Waals surface area contributed by atoms with Crippen molar-refractivity contribution in [2.45, 2.75) is 37.9 Å². The number of benzene rings is 2. The normalized spacial score (nSPS) is 30.9. The standard InChI is InChI=1S/C22H25NO5/c1-15(24)22(13-16-9-5-3-6-10-16)19(23(26-2)21(22)25)18-14-27-20(28-18)17-11-7-4-8-12-17/h3-12,15,18-20,24H,13-14H2,1-2H3/t15-,18+,19+,20?,22+/m0/s1. The van der Waals surface area contributed by atoms with Gasteiger partial charge < -0.3 is 14.6 Å². The van der Waals surface area contributed by atoms with Gasteiger partial charge in [0.15, 0.2) is 6.29 Å². The van der Waals surface area contributed by atoms with E-state index in [0.29, 0.717) is 13.0 Å². The topological polar surface area (TPSA) is 68.2 Å². The van der Waals surface area contributed by atoms with Crippen molar-refractivity contribution in [1.82, 2.24) is 5.06 Å². The van der Waals surface area contributed by atoms with Crippen LogP contribution >= 0.6 is 0 Å². The smallest absolute Gasteiger partial charge is 0.257 e. The molecule has 2 aliphatic rings. The van der Waals surface area contributed by atoms with Gasteiger partial charge in [-0.3, -0.25) is 9.63 Å². The summed E-state index contributed by atoms with van der Waals surface area (Å²) in [5, 5.41) is 12.0. The van der Waals surface area contributed by atoms with Gasteiger partial charge in [-0.05, 0) is 18.9 Å². The monoisotopic (exact) mass is 383 g/mol. The molecule has 2 fully saturated rings. The number of ether oxygens (including phenoxy) is 2. The Morgan fingerprint density at radius 1 is 1.18 bits per heavy atom. The Bertz CT molecular complexity index is 812. The van der Waals surface area contributed by atoms with Gasteiger partial charge in [0.2, 0.25) is 0 Å². The van der Waals surface area contributed by atoms with Crippen LogP contribution < -0.4 is 0 Å². The van der Waals surface area contributed by atoms with E-state index in [1.54, 1.807) is 6.92 Å². The van der Waals surface area contributed by atoms with Gasteiger partial charge in [-0.2, -0.15) is 0 Å². The molecular weight excluding hydrogens is 358 g/mol. The number of aliphatic hydroxyl groups is 1. The van der Waals surface area contributed by atoms with Crippen molar-refractivity contribution < 1.29 is 24.2 Å². The number of β-lactam (4-membered cyclic amide) rings is 1. The van der Waals surface area contributed by atoms with Gasteiger partial charge in [0.25, 0.3) is 5.91 Å². The molecule has 2 aromatic carbocycles. The highest BCUT2D eigenvalue weighted by molar-refractivity contribution is 5.90. The second kappa shape index (κ2) is 7.64. The highest BCUT2D eigenvalue weighted by atomic mass is 16.7. The number of rotatable bonds is 6. The zero-order chi connectivity index (χ0) is 19.7. The van der Waals surface area contributed by atoms with E-state index in [2.05, 4.69) is 0 Å². The van der Waals surface area contributed by atoms with Crippen LogP contribution in [-0.4, -0.2) is 48.0 Å². The number of nitrogens with zero attached hydrogens (tertiary/aromatic N) is 1. The molecular formula is C22H25NO5. The maximum absolute atomic E-state index is 13.0. The number of hydrogen-bond acceptors (Lipinski definition) is 5. The fourth-order valence-corrected chi connectivity index (χ4v) is 4.34. The minimum atomic E-state index is -1.02. The van der Waals surface area contributed by atoms with Gasteiger partial charge in [-0.25, -0.2) is 5.06 Å². The van der Waals surface area contributed by atoms with Crippen molar-refractivity contribution >= 4 is 5.91 Å². The molecule has 0 bridgehead atoms. The molecule has 2 aromatic rings. The van der Waals surface area contributed by atoms with E-state index in [9.17, 15) is 9.90 Å². The molecule has 2 heterocycles. The molecule has 2 aliphatic heterocycles. The summed E-state index contributed by atoms with van der Waals surface area (Å²) in [5.74, 6) is -0.231. The van der Waals surface area contributed by atoms with E-state index in [0.717, 1.165) is 11.1 Å². The molecule has 4 rings (SSSR count). The Kier molecular flexibility index (Phi) is 5.21. The lowest BCUT2D eigenvalue weighted by Gasteiger charge is -2.57. The molecule has 0 saturated carbocycles. The summed E-state index contributed by atoms with van der Waals surface area (Å²) in [5.41, 5.74) is 0.887. The second-order valence-electron chi connectivity index (χ2n) is 7.39. The zero-order valence-electron chi connectivity index (χ0n) is 16.0. The molecule has 0 aromatic heterocycles. The Morgan fingerprint density at radius 3 is 2.43 bits per heavy atom. The predicted octanol–water partition coefficient (Wildman–Crippen LogP) is 2.48. The molecule has 1 amide bonds. The summed E-state index contributed by atoms with van der Waals surface area (Å²) in [6, 6.07) is 18.9. The third kappa shape index (κ3) is 3.02. The Morgan fingerprint density at radius 2 is 1.82 bits per heavy atom. The summed E-state index contributed by atoms with van der Waals surface area (Å²) in [6.07, 6.45) is -1.36. The number of amides is 1. The van der Waals surface area contributed by atoms with E-state index >= 15 is 0 Å². The van der Waals surface area contributed by atoms with E-state index in [-0.39, 0.29) is 5.91 Å². The van der Waals surface area contributed by atoms with Crippen LogP contribution in [0.5, 0.6) is 0 Å². The third-order valence-electron chi connectivity index (χ3n) is 5.79. The summed E-state index contributed by atoms with van der Waals surface area (Å²) in [6.45, 7) is 1.98. The first kappa shape index (κ1) is 19.1. The fourth-order valence-electron chi connectivity index (χ4n) is 4.34. The van der Waals surface area contributed by atoms with Crippen LogP contribution in [-0.2, 0) is 25.5 Å². The van der Waals surface area contributed by atoms with Crippen molar-refractivity contribution in [3.63, 3.8) is 0 Å². The van der Waals surface area contributed by atoms with Crippen LogP contribution in [0.3, 0.4) is 0 Å². The quantitative estimate of drug-likeness (QED) is 0.777. The summed E-state index contributed by atoms with van der Waals surface area (Å²) >= 11 is 0. The Hall–Kier alpha value is -2.25. The summed E-state index contributed by atoms with van der Waals surface area (Å²) in [7, 11) is 1.46. The number of hydroxylamine groups is 2. The SMILES string of the molecule is CON1C(=O)[C@](Cc2ccccc2)([C@H](C)O)[C@H]1[C@H]1COC(c2ccccc2)O1. The first-order valence-corrected chi connectivity index (χ1v) is 9.49. The maximum atomic E-state index is 13.0. The summed E-state index contributed by atoms with van der Waals surface area (Å²) in [4.78, 5) is 18.4. The highest BCUT2D eigenvalue weighted by Gasteiger charge is 2.67. The second-order valence-corrected chi connectivity index (χ2v) is 7.39. The molecule has 6 heteroatoms. The van der Waals surface area contributed by atoms with Crippen LogP contribution in [0, 0.1) is 5.41 Å². The van der Waals surface area contributed by atoms with E-state index in [1.807, 2.05) is 60.7 Å². The van der Waals surface area contributed by atoms with Crippen molar-refractivity contribution in [1.29, 1.82) is 0 Å². The van der Waals surface area contributed by atoms with Crippen molar-refractivity contribution in [3.05, 3.63) is 71.8 Å². The van der Waals surface area contributed by atoms with Gasteiger partial charge >= 0.3 is 0 Å². The molecule has 148 valence electrons. The average molecular weight is 383 g/mol. The molecule has 6 nitrogen and oxygen atoms in total. The minimum Gasteiger partial charge on any atom is -0.392 e. The van der Waals surface area contributed by atoms with Gasteiger partial charge in [-0.1, -0.05) is 60.7 Å². The van der Waals surface area contributed by atoms with Crippen molar-refractivity contribution in [2.24, 2.45) is 5.41 Å². The van der Waals surface area contributed by atoms with Crippen molar-refractivity contribution in [2.75, 3.05) is 13.7 Å².